The van der Waals surface area contributed by atoms with Gasteiger partial charge in [-0.3, -0.25) is 14.4 Å². The molecule has 2 amide bonds. The molecule has 0 aliphatic carbocycles. The standard InChI is InChI=1S/C19H18IN7O2/c1-26-11-13(9-23-26)15-10-22-18-17(21-5-6-27(15)18)25-19(28)24-14-7-12(8-20)3-4-16(14)29-2/h3-7,9-11H,8H2,1-2H3,(H2,21,24,25,28). The number of imidazole rings is 1. The zero-order valence-electron chi connectivity index (χ0n) is 15.8. The number of methoxy groups -OCH3 is 1. The highest BCUT2D eigenvalue weighted by Gasteiger charge is 2.14. The Kier molecular flexibility index (Phi) is 5.34. The largest absolute Gasteiger partial charge is 0.495 e. The first kappa shape index (κ1) is 19.2. The van der Waals surface area contributed by atoms with Crippen molar-refractivity contribution in [2.45, 2.75) is 4.43 Å². The van der Waals surface area contributed by atoms with Gasteiger partial charge >= 0.3 is 6.03 Å². The van der Waals surface area contributed by atoms with Crippen LogP contribution >= 0.6 is 22.6 Å². The topological polar surface area (TPSA) is 98.4 Å². The van der Waals surface area contributed by atoms with E-state index in [2.05, 4.69) is 48.3 Å². The molecular weight excluding hydrogens is 485 g/mol. The van der Waals surface area contributed by atoms with Crippen LogP contribution in [0.25, 0.3) is 16.9 Å². The lowest BCUT2D eigenvalue weighted by Crippen LogP contribution is -2.21. The van der Waals surface area contributed by atoms with Gasteiger partial charge in [-0.1, -0.05) is 28.7 Å². The first-order valence-electron chi connectivity index (χ1n) is 8.71. The Hall–Kier alpha value is -3.15. The summed E-state index contributed by atoms with van der Waals surface area (Å²) in [5.41, 5.74) is 3.98. The van der Waals surface area contributed by atoms with Crippen molar-refractivity contribution in [3.05, 3.63) is 54.7 Å². The Balaban J connectivity index is 1.60. The van der Waals surface area contributed by atoms with Crippen molar-refractivity contribution < 1.29 is 9.53 Å². The number of hydrogen-bond donors (Lipinski definition) is 2. The van der Waals surface area contributed by atoms with Gasteiger partial charge in [-0.15, -0.1) is 0 Å². The predicted molar refractivity (Wildman–Crippen MR) is 119 cm³/mol. The molecule has 0 saturated carbocycles. The third-order valence-electron chi connectivity index (χ3n) is 4.33. The third kappa shape index (κ3) is 3.88. The number of nitrogens with zero attached hydrogens (tertiary/aromatic N) is 5. The lowest BCUT2D eigenvalue weighted by Gasteiger charge is -2.12. The number of anilines is 2. The molecule has 0 radical (unpaired) electrons. The summed E-state index contributed by atoms with van der Waals surface area (Å²) >= 11 is 2.27. The maximum absolute atomic E-state index is 12.6. The van der Waals surface area contributed by atoms with Crippen molar-refractivity contribution in [2.75, 3.05) is 17.7 Å². The normalized spacial score (nSPS) is 10.9. The molecule has 4 rings (SSSR count). The molecule has 0 aliphatic heterocycles. The Bertz CT molecular complexity index is 1180. The van der Waals surface area contributed by atoms with Crippen LogP contribution in [0.15, 0.2) is 49.2 Å². The van der Waals surface area contributed by atoms with Gasteiger partial charge in [-0.2, -0.15) is 5.10 Å². The van der Waals surface area contributed by atoms with Gasteiger partial charge in [0.25, 0.3) is 0 Å². The van der Waals surface area contributed by atoms with Gasteiger partial charge in [0.1, 0.15) is 5.75 Å². The van der Waals surface area contributed by atoms with Crippen LogP contribution in [0.3, 0.4) is 0 Å². The van der Waals surface area contributed by atoms with E-state index in [0.29, 0.717) is 22.9 Å². The van der Waals surface area contributed by atoms with E-state index < -0.39 is 6.03 Å². The number of carbonyl (C=O) groups excluding carboxylic acids is 1. The number of aromatic nitrogens is 5. The minimum Gasteiger partial charge on any atom is -0.495 e. The summed E-state index contributed by atoms with van der Waals surface area (Å²) in [6.45, 7) is 0. The summed E-state index contributed by atoms with van der Waals surface area (Å²) in [6.07, 6.45) is 8.79. The van der Waals surface area contributed by atoms with Crippen LogP contribution in [0.1, 0.15) is 5.56 Å². The molecule has 29 heavy (non-hydrogen) atoms. The van der Waals surface area contributed by atoms with Crippen molar-refractivity contribution in [3.8, 4) is 17.0 Å². The second-order valence-electron chi connectivity index (χ2n) is 6.26. The first-order valence-corrected chi connectivity index (χ1v) is 10.2. The Morgan fingerprint density at radius 2 is 2.10 bits per heavy atom. The van der Waals surface area contributed by atoms with Crippen LogP contribution in [0, 0.1) is 0 Å². The highest BCUT2D eigenvalue weighted by Crippen LogP contribution is 2.27. The number of benzene rings is 1. The minimum atomic E-state index is -0.430. The second kappa shape index (κ2) is 8.07. The van der Waals surface area contributed by atoms with Crippen LogP contribution in [0.5, 0.6) is 5.75 Å². The zero-order valence-corrected chi connectivity index (χ0v) is 17.9. The number of halogens is 1. The SMILES string of the molecule is COc1ccc(CI)cc1NC(=O)Nc1nccn2c(-c3cnn(C)c3)cnc12. The number of fused-ring (bicyclic) bond motifs is 1. The Morgan fingerprint density at radius 3 is 2.83 bits per heavy atom. The summed E-state index contributed by atoms with van der Waals surface area (Å²) in [6, 6.07) is 5.24. The van der Waals surface area contributed by atoms with Gasteiger partial charge in [0, 0.05) is 35.6 Å². The molecule has 0 bridgehead atoms. The predicted octanol–water partition coefficient (Wildman–Crippen LogP) is 3.72. The van der Waals surface area contributed by atoms with E-state index >= 15 is 0 Å². The summed E-state index contributed by atoms with van der Waals surface area (Å²) < 4.78 is 9.74. The number of carbonyl (C=O) groups is 1. The summed E-state index contributed by atoms with van der Waals surface area (Å²) in [5.74, 6) is 0.934. The quantitative estimate of drug-likeness (QED) is 0.320. The van der Waals surface area contributed by atoms with E-state index in [1.807, 2.05) is 35.8 Å². The number of hydrogen-bond acceptors (Lipinski definition) is 5. The van der Waals surface area contributed by atoms with Crippen LogP contribution in [0.2, 0.25) is 0 Å². The fraction of sp³-hybridized carbons (Fsp3) is 0.158. The minimum absolute atomic E-state index is 0.351. The molecule has 3 aromatic heterocycles. The van der Waals surface area contributed by atoms with Crippen LogP contribution in [-0.4, -0.2) is 37.3 Å². The molecule has 0 spiro atoms. The van der Waals surface area contributed by atoms with E-state index in [0.717, 1.165) is 21.2 Å². The molecule has 0 aliphatic rings. The van der Waals surface area contributed by atoms with Crippen molar-refractivity contribution >= 4 is 45.8 Å². The van der Waals surface area contributed by atoms with Gasteiger partial charge < -0.3 is 10.1 Å². The van der Waals surface area contributed by atoms with Crippen LogP contribution in [-0.2, 0) is 11.5 Å². The molecule has 10 heteroatoms. The lowest BCUT2D eigenvalue weighted by molar-refractivity contribution is 0.262. The fourth-order valence-corrected chi connectivity index (χ4v) is 3.45. The maximum Gasteiger partial charge on any atom is 0.325 e. The Labute approximate surface area is 180 Å². The first-order chi connectivity index (χ1) is 14.1. The molecule has 0 unspecified atom stereocenters. The number of ether oxygens (including phenoxy) is 1. The number of amides is 2. The van der Waals surface area contributed by atoms with E-state index in [1.54, 1.807) is 36.6 Å². The molecule has 4 aromatic rings. The fourth-order valence-electron chi connectivity index (χ4n) is 2.97. The van der Waals surface area contributed by atoms with Crippen LogP contribution in [0.4, 0.5) is 16.3 Å². The summed E-state index contributed by atoms with van der Waals surface area (Å²) in [4.78, 5) is 21.3. The Morgan fingerprint density at radius 1 is 1.24 bits per heavy atom. The second-order valence-corrected chi connectivity index (χ2v) is 7.03. The van der Waals surface area contributed by atoms with Crippen molar-refractivity contribution in [1.82, 2.24) is 24.1 Å². The number of rotatable bonds is 5. The van der Waals surface area contributed by atoms with Crippen LogP contribution < -0.4 is 15.4 Å². The molecular formula is C19H18IN7O2. The number of aryl methyl sites for hydroxylation is 1. The summed E-state index contributed by atoms with van der Waals surface area (Å²) in [7, 11) is 3.42. The van der Waals surface area contributed by atoms with Crippen molar-refractivity contribution in [2.24, 2.45) is 7.05 Å². The highest BCUT2D eigenvalue weighted by atomic mass is 127. The molecule has 2 N–H and O–H groups in total. The van der Waals surface area contributed by atoms with E-state index in [1.165, 1.54) is 0 Å². The lowest BCUT2D eigenvalue weighted by atomic mass is 10.2. The highest BCUT2D eigenvalue weighted by molar-refractivity contribution is 14.1. The molecule has 0 fully saturated rings. The molecule has 9 nitrogen and oxygen atoms in total. The average Bonchev–Trinajstić information content (AvgIpc) is 3.34. The van der Waals surface area contributed by atoms with Gasteiger partial charge in [-0.25, -0.2) is 14.8 Å². The average molecular weight is 503 g/mol. The van der Waals surface area contributed by atoms with Crippen molar-refractivity contribution in [1.29, 1.82) is 0 Å². The van der Waals surface area contributed by atoms with Crippen molar-refractivity contribution in [3.63, 3.8) is 0 Å². The van der Waals surface area contributed by atoms with E-state index in [9.17, 15) is 4.79 Å². The molecule has 148 valence electrons. The van der Waals surface area contributed by atoms with Gasteiger partial charge in [-0.05, 0) is 17.7 Å². The summed E-state index contributed by atoms with van der Waals surface area (Å²) in [5, 5.41) is 9.79. The van der Waals surface area contributed by atoms with E-state index in [-0.39, 0.29) is 0 Å². The zero-order chi connectivity index (χ0) is 20.4. The van der Waals surface area contributed by atoms with E-state index in [4.69, 9.17) is 4.74 Å². The monoisotopic (exact) mass is 503 g/mol. The number of alkyl halides is 1. The molecule has 1 aromatic carbocycles. The number of urea groups is 1. The molecule has 3 heterocycles. The number of nitrogens with one attached hydrogen (secondary N) is 2. The van der Waals surface area contributed by atoms with Gasteiger partial charge in [0.05, 0.1) is 30.9 Å². The smallest absolute Gasteiger partial charge is 0.325 e. The third-order valence-corrected chi connectivity index (χ3v) is 5.21. The molecule has 0 atom stereocenters. The maximum atomic E-state index is 12.6. The van der Waals surface area contributed by atoms with Gasteiger partial charge in [0.15, 0.2) is 11.5 Å². The van der Waals surface area contributed by atoms with Gasteiger partial charge in [0.2, 0.25) is 0 Å². The molecule has 0 saturated heterocycles.